The summed E-state index contributed by atoms with van der Waals surface area (Å²) in [5.41, 5.74) is 2.24. The van der Waals surface area contributed by atoms with Crippen molar-refractivity contribution in [1.82, 2.24) is 0 Å². The van der Waals surface area contributed by atoms with Gasteiger partial charge in [0.1, 0.15) is 0 Å². The van der Waals surface area contributed by atoms with Crippen molar-refractivity contribution in [2.24, 2.45) is 0 Å². The molecule has 0 fully saturated rings. The van der Waals surface area contributed by atoms with E-state index in [1.54, 1.807) is 12.2 Å². The first-order chi connectivity index (χ1) is 7.78. The molecule has 0 bridgehead atoms. The van der Waals surface area contributed by atoms with Gasteiger partial charge in [0, 0.05) is 0 Å². The van der Waals surface area contributed by atoms with Crippen LogP contribution in [0, 0.1) is 0 Å². The fraction of sp³-hybridized carbons (Fsp3) is 0.250. The molecule has 16 heavy (non-hydrogen) atoms. The molecule has 0 saturated heterocycles. The normalized spacial score (nSPS) is 12.5. The van der Waals surface area contributed by atoms with Crippen LogP contribution in [-0.4, -0.2) is 0 Å². The summed E-state index contributed by atoms with van der Waals surface area (Å²) < 4.78 is 0. The lowest BCUT2D eigenvalue weighted by molar-refractivity contribution is 1.50. The third kappa shape index (κ3) is 9.01. The van der Waals surface area contributed by atoms with Gasteiger partial charge in [-0.25, -0.2) is 0 Å². The van der Waals surface area contributed by atoms with E-state index in [0.29, 0.717) is 0 Å². The second-order valence-electron chi connectivity index (χ2n) is 2.73. The maximum Gasteiger partial charge on any atom is -0.0263 e. The van der Waals surface area contributed by atoms with Crippen molar-refractivity contribution in [3.05, 3.63) is 72.9 Å². The maximum absolute atomic E-state index is 3.72. The van der Waals surface area contributed by atoms with Crippen molar-refractivity contribution in [3.63, 3.8) is 0 Å². The van der Waals surface area contributed by atoms with Crippen LogP contribution in [0.15, 0.2) is 72.9 Å². The van der Waals surface area contributed by atoms with Crippen LogP contribution in [0.3, 0.4) is 0 Å². The van der Waals surface area contributed by atoms with Gasteiger partial charge in [-0.15, -0.1) is 0 Å². The Morgan fingerprint density at radius 2 is 1.44 bits per heavy atom. The number of hydrogen-bond acceptors (Lipinski definition) is 0. The van der Waals surface area contributed by atoms with E-state index in [9.17, 15) is 0 Å². The highest BCUT2D eigenvalue weighted by Crippen LogP contribution is 2.04. The zero-order valence-electron chi connectivity index (χ0n) is 11.0. The standard InChI is InChI=1S/C14H18.C2H6/c1-5-9-13(7-3)11-12-14(8-4)10-6-2;1-2/h5-12H,1,3H2,2,4H3;1-2H3/b10-6-,12-11-,13-9+,14-8+;. The van der Waals surface area contributed by atoms with Gasteiger partial charge in [-0.3, -0.25) is 0 Å². The summed E-state index contributed by atoms with van der Waals surface area (Å²) in [6.07, 6.45) is 15.7. The van der Waals surface area contributed by atoms with Gasteiger partial charge in [-0.2, -0.15) is 0 Å². The van der Waals surface area contributed by atoms with E-state index in [2.05, 4.69) is 31.4 Å². The minimum Gasteiger partial charge on any atom is -0.0990 e. The Morgan fingerprint density at radius 1 is 0.875 bits per heavy atom. The molecule has 0 aromatic rings. The van der Waals surface area contributed by atoms with Crippen LogP contribution in [0.1, 0.15) is 27.7 Å². The van der Waals surface area contributed by atoms with Crippen LogP contribution >= 0.6 is 0 Å². The van der Waals surface area contributed by atoms with E-state index >= 15 is 0 Å². The lowest BCUT2D eigenvalue weighted by atomic mass is 10.1. The van der Waals surface area contributed by atoms with Crippen molar-refractivity contribution < 1.29 is 0 Å². The maximum atomic E-state index is 3.72. The summed E-state index contributed by atoms with van der Waals surface area (Å²) in [6, 6.07) is 0. The predicted octanol–water partition coefficient (Wildman–Crippen LogP) is 5.39. The quantitative estimate of drug-likeness (QED) is 0.540. The van der Waals surface area contributed by atoms with Crippen LogP contribution in [0.25, 0.3) is 0 Å². The Kier molecular flexibility index (Phi) is 14.2. The second kappa shape index (κ2) is 13.4. The molecule has 0 rings (SSSR count). The minimum atomic E-state index is 1.06. The van der Waals surface area contributed by atoms with Crippen LogP contribution < -0.4 is 0 Å². The molecular formula is C16H24. The first kappa shape index (κ1) is 16.9. The number of hydrogen-bond donors (Lipinski definition) is 0. The van der Waals surface area contributed by atoms with Gasteiger partial charge < -0.3 is 0 Å². The van der Waals surface area contributed by atoms with Crippen LogP contribution in [0.2, 0.25) is 0 Å². The van der Waals surface area contributed by atoms with Gasteiger partial charge >= 0.3 is 0 Å². The summed E-state index contributed by atoms with van der Waals surface area (Å²) in [7, 11) is 0. The van der Waals surface area contributed by atoms with Crippen molar-refractivity contribution in [3.8, 4) is 0 Å². The molecule has 0 aromatic heterocycles. The Labute approximate surface area is 101 Å². The molecular weight excluding hydrogens is 192 g/mol. The lowest BCUT2D eigenvalue weighted by Crippen LogP contribution is -1.72. The van der Waals surface area contributed by atoms with Gasteiger partial charge in [0.25, 0.3) is 0 Å². The molecule has 0 aromatic carbocycles. The monoisotopic (exact) mass is 216 g/mol. The highest BCUT2D eigenvalue weighted by Gasteiger charge is 1.84. The third-order valence-corrected chi connectivity index (χ3v) is 1.71. The van der Waals surface area contributed by atoms with Crippen molar-refractivity contribution >= 4 is 0 Å². The Bertz CT molecular complexity index is 296. The van der Waals surface area contributed by atoms with Crippen LogP contribution in [0.4, 0.5) is 0 Å². The lowest BCUT2D eigenvalue weighted by Gasteiger charge is -1.93. The predicted molar refractivity (Wildman–Crippen MR) is 77.5 cm³/mol. The largest absolute Gasteiger partial charge is 0.0990 e. The van der Waals surface area contributed by atoms with Gasteiger partial charge in [0.05, 0.1) is 0 Å². The zero-order valence-corrected chi connectivity index (χ0v) is 11.0. The first-order valence-corrected chi connectivity index (χ1v) is 5.70. The summed E-state index contributed by atoms with van der Waals surface area (Å²) >= 11 is 0. The molecule has 0 unspecified atom stereocenters. The van der Waals surface area contributed by atoms with E-state index in [4.69, 9.17) is 0 Å². The molecule has 0 aliphatic heterocycles. The Hall–Kier alpha value is -1.56. The SMILES string of the molecule is C=C/C=C(C=C)/C=C\C(\C=C/C)=C\C.CC. The molecule has 0 heterocycles. The summed E-state index contributed by atoms with van der Waals surface area (Å²) in [5.74, 6) is 0. The van der Waals surface area contributed by atoms with Gasteiger partial charge in [0.15, 0.2) is 0 Å². The zero-order chi connectivity index (χ0) is 12.8. The molecule has 0 radical (unpaired) electrons. The van der Waals surface area contributed by atoms with Crippen LogP contribution in [0.5, 0.6) is 0 Å². The molecule has 0 aliphatic rings. The highest BCUT2D eigenvalue weighted by molar-refractivity contribution is 5.39. The molecule has 0 aliphatic carbocycles. The van der Waals surface area contributed by atoms with E-state index in [1.165, 1.54) is 5.57 Å². The molecule has 0 N–H and O–H groups in total. The van der Waals surface area contributed by atoms with Gasteiger partial charge in [-0.05, 0) is 25.0 Å². The number of allylic oxidation sites excluding steroid dienone is 10. The summed E-state index contributed by atoms with van der Waals surface area (Å²) in [5, 5.41) is 0. The minimum absolute atomic E-state index is 1.06. The molecule has 0 atom stereocenters. The molecule has 0 heteroatoms. The Morgan fingerprint density at radius 3 is 1.81 bits per heavy atom. The van der Waals surface area contributed by atoms with Crippen molar-refractivity contribution in [1.29, 1.82) is 0 Å². The molecule has 88 valence electrons. The van der Waals surface area contributed by atoms with Crippen molar-refractivity contribution in [2.75, 3.05) is 0 Å². The fourth-order valence-electron chi connectivity index (χ4n) is 0.961. The number of rotatable bonds is 5. The smallest absolute Gasteiger partial charge is 0.0263 e. The van der Waals surface area contributed by atoms with E-state index < -0.39 is 0 Å². The average molecular weight is 216 g/mol. The first-order valence-electron chi connectivity index (χ1n) is 5.70. The molecule has 0 spiro atoms. The van der Waals surface area contributed by atoms with E-state index in [0.717, 1.165) is 5.57 Å². The molecule has 0 nitrogen and oxygen atoms in total. The Balaban J connectivity index is 0. The third-order valence-electron chi connectivity index (χ3n) is 1.71. The van der Waals surface area contributed by atoms with Gasteiger partial charge in [-0.1, -0.05) is 75.6 Å². The van der Waals surface area contributed by atoms with E-state index in [1.807, 2.05) is 45.9 Å². The topological polar surface area (TPSA) is 0 Å². The van der Waals surface area contributed by atoms with E-state index in [-0.39, 0.29) is 0 Å². The molecule has 0 saturated carbocycles. The average Bonchev–Trinajstić information content (AvgIpc) is 2.35. The molecule has 0 amide bonds. The van der Waals surface area contributed by atoms with Crippen LogP contribution in [-0.2, 0) is 0 Å². The second-order valence-corrected chi connectivity index (χ2v) is 2.73. The summed E-state index contributed by atoms with van der Waals surface area (Å²) in [4.78, 5) is 0. The summed E-state index contributed by atoms with van der Waals surface area (Å²) in [6.45, 7) is 15.4. The fourth-order valence-corrected chi connectivity index (χ4v) is 0.961. The van der Waals surface area contributed by atoms with Gasteiger partial charge in [0.2, 0.25) is 0 Å². The highest BCUT2D eigenvalue weighted by atomic mass is 13.9. The van der Waals surface area contributed by atoms with Crippen molar-refractivity contribution in [2.45, 2.75) is 27.7 Å².